The first-order chi connectivity index (χ1) is 14.7. The molecular formula is C23H32IN5OS. The van der Waals surface area contributed by atoms with Gasteiger partial charge in [-0.1, -0.05) is 30.3 Å². The molecule has 6 nitrogen and oxygen atoms in total. The maximum atomic E-state index is 12.7. The van der Waals surface area contributed by atoms with Gasteiger partial charge in [-0.05, 0) is 54.9 Å². The van der Waals surface area contributed by atoms with E-state index in [0.717, 1.165) is 32.6 Å². The number of halogens is 1. The minimum atomic E-state index is 0. The van der Waals surface area contributed by atoms with Crippen LogP contribution in [0.2, 0.25) is 0 Å². The highest BCUT2D eigenvalue weighted by atomic mass is 127. The van der Waals surface area contributed by atoms with Crippen molar-refractivity contribution in [2.24, 2.45) is 4.99 Å². The second kappa shape index (κ2) is 11.8. The summed E-state index contributed by atoms with van der Waals surface area (Å²) in [6.45, 7) is 4.80. The maximum Gasteiger partial charge on any atom is 0.242 e. The van der Waals surface area contributed by atoms with Gasteiger partial charge in [0.15, 0.2) is 5.96 Å². The average molecular weight is 554 g/mol. The lowest BCUT2D eigenvalue weighted by atomic mass is 10.00. The number of hydrogen-bond donors (Lipinski definition) is 2. The van der Waals surface area contributed by atoms with Crippen LogP contribution in [0.25, 0.3) is 0 Å². The molecule has 1 saturated heterocycles. The molecule has 1 aromatic carbocycles. The molecule has 8 heteroatoms. The summed E-state index contributed by atoms with van der Waals surface area (Å²) < 4.78 is 0. The highest BCUT2D eigenvalue weighted by molar-refractivity contribution is 14.0. The van der Waals surface area contributed by atoms with Gasteiger partial charge in [0.1, 0.15) is 0 Å². The Morgan fingerprint density at radius 1 is 1.10 bits per heavy atom. The number of nitrogens with one attached hydrogen (secondary N) is 2. The van der Waals surface area contributed by atoms with E-state index in [4.69, 9.17) is 0 Å². The number of rotatable bonds is 6. The molecule has 2 aliphatic rings. The van der Waals surface area contributed by atoms with E-state index in [1.54, 1.807) is 18.4 Å². The number of carbonyl (C=O) groups is 1. The van der Waals surface area contributed by atoms with Crippen molar-refractivity contribution in [1.82, 2.24) is 20.4 Å². The number of likely N-dealkylation sites (tertiary alicyclic amines) is 1. The van der Waals surface area contributed by atoms with Crippen LogP contribution in [0.1, 0.15) is 34.9 Å². The Balaban J connectivity index is 0.00000272. The molecule has 1 atom stereocenters. The molecule has 1 amide bonds. The number of benzene rings is 1. The van der Waals surface area contributed by atoms with Crippen molar-refractivity contribution in [2.45, 2.75) is 31.8 Å². The largest absolute Gasteiger partial charge is 0.354 e. The fourth-order valence-electron chi connectivity index (χ4n) is 4.34. The van der Waals surface area contributed by atoms with E-state index in [1.807, 2.05) is 11.0 Å². The summed E-state index contributed by atoms with van der Waals surface area (Å²) >= 11 is 1.81. The molecule has 4 rings (SSSR count). The smallest absolute Gasteiger partial charge is 0.242 e. The Hall–Kier alpha value is -1.65. The number of hydrogen-bond acceptors (Lipinski definition) is 4. The lowest BCUT2D eigenvalue weighted by Gasteiger charge is -2.29. The molecular weight excluding hydrogens is 521 g/mol. The quantitative estimate of drug-likeness (QED) is 0.328. The predicted octanol–water partition coefficient (Wildman–Crippen LogP) is 3.25. The Morgan fingerprint density at radius 3 is 2.58 bits per heavy atom. The zero-order valence-corrected chi connectivity index (χ0v) is 21.2. The molecule has 0 aliphatic carbocycles. The summed E-state index contributed by atoms with van der Waals surface area (Å²) in [4.78, 5) is 22.9. The van der Waals surface area contributed by atoms with E-state index < -0.39 is 0 Å². The van der Waals surface area contributed by atoms with E-state index in [2.05, 4.69) is 56.2 Å². The molecule has 1 unspecified atom stereocenters. The van der Waals surface area contributed by atoms with Gasteiger partial charge in [-0.15, -0.1) is 35.3 Å². The minimum absolute atomic E-state index is 0. The second-order valence-corrected chi connectivity index (χ2v) is 8.89. The molecule has 1 aromatic heterocycles. The Labute approximate surface area is 206 Å². The van der Waals surface area contributed by atoms with Crippen LogP contribution in [0.4, 0.5) is 0 Å². The zero-order valence-electron chi connectivity index (χ0n) is 18.0. The standard InChI is InChI=1S/C23H31N5OS.HI/c1-24-23(25-15-20(21-9-6-14-30-21)27-11-4-5-12-27)26-16-22(29)28-13-10-18-7-2-3-8-19(18)17-28;/h2-3,6-9,14,20H,4-5,10-13,15-17H2,1H3,(H2,24,25,26);1H. The molecule has 1 fully saturated rings. The zero-order chi connectivity index (χ0) is 20.8. The number of guanidine groups is 1. The molecule has 31 heavy (non-hydrogen) atoms. The van der Waals surface area contributed by atoms with E-state index in [-0.39, 0.29) is 36.4 Å². The van der Waals surface area contributed by atoms with Crippen LogP contribution in [-0.2, 0) is 17.8 Å². The Bertz CT molecular complexity index is 867. The third-order valence-electron chi connectivity index (χ3n) is 6.03. The van der Waals surface area contributed by atoms with E-state index in [1.165, 1.54) is 28.8 Å². The van der Waals surface area contributed by atoms with Gasteiger partial charge in [0.05, 0.1) is 12.6 Å². The molecule has 3 heterocycles. The second-order valence-electron chi connectivity index (χ2n) is 7.91. The number of carbonyl (C=O) groups excluding carboxylic acids is 1. The molecule has 0 bridgehead atoms. The van der Waals surface area contributed by atoms with Gasteiger partial charge >= 0.3 is 0 Å². The molecule has 168 valence electrons. The summed E-state index contributed by atoms with van der Waals surface area (Å²) in [5.41, 5.74) is 2.61. The molecule has 2 aromatic rings. The summed E-state index contributed by atoms with van der Waals surface area (Å²) in [6, 6.07) is 13.1. The summed E-state index contributed by atoms with van der Waals surface area (Å²) in [5, 5.41) is 8.80. The van der Waals surface area contributed by atoms with E-state index in [9.17, 15) is 4.79 Å². The van der Waals surface area contributed by atoms with Gasteiger partial charge in [-0.2, -0.15) is 0 Å². The summed E-state index contributed by atoms with van der Waals surface area (Å²) in [6.07, 6.45) is 3.46. The molecule has 0 radical (unpaired) electrons. The Morgan fingerprint density at radius 2 is 1.87 bits per heavy atom. The first kappa shape index (κ1) is 24.0. The van der Waals surface area contributed by atoms with Gasteiger partial charge in [-0.3, -0.25) is 14.7 Å². The first-order valence-corrected chi connectivity index (χ1v) is 11.7. The number of fused-ring (bicyclic) bond motifs is 1. The van der Waals surface area contributed by atoms with Crippen molar-refractivity contribution < 1.29 is 4.79 Å². The lowest BCUT2D eigenvalue weighted by molar-refractivity contribution is -0.130. The minimum Gasteiger partial charge on any atom is -0.354 e. The van der Waals surface area contributed by atoms with Crippen LogP contribution < -0.4 is 10.6 Å². The van der Waals surface area contributed by atoms with Crippen molar-refractivity contribution in [3.8, 4) is 0 Å². The third kappa shape index (κ3) is 6.20. The van der Waals surface area contributed by atoms with Crippen LogP contribution in [0.5, 0.6) is 0 Å². The van der Waals surface area contributed by atoms with Gasteiger partial charge in [0, 0.05) is 31.6 Å². The van der Waals surface area contributed by atoms with Crippen LogP contribution in [0, 0.1) is 0 Å². The summed E-state index contributed by atoms with van der Waals surface area (Å²) in [5.74, 6) is 0.795. The predicted molar refractivity (Wildman–Crippen MR) is 138 cm³/mol. The van der Waals surface area contributed by atoms with Crippen molar-refractivity contribution in [1.29, 1.82) is 0 Å². The fourth-order valence-corrected chi connectivity index (χ4v) is 5.20. The van der Waals surface area contributed by atoms with E-state index >= 15 is 0 Å². The van der Waals surface area contributed by atoms with Crippen molar-refractivity contribution in [3.63, 3.8) is 0 Å². The van der Waals surface area contributed by atoms with Crippen molar-refractivity contribution in [3.05, 3.63) is 57.8 Å². The monoisotopic (exact) mass is 553 g/mol. The van der Waals surface area contributed by atoms with Crippen LogP contribution >= 0.6 is 35.3 Å². The van der Waals surface area contributed by atoms with Crippen LogP contribution in [0.15, 0.2) is 46.8 Å². The first-order valence-electron chi connectivity index (χ1n) is 10.8. The Kier molecular flexibility index (Phi) is 9.15. The highest BCUT2D eigenvalue weighted by Crippen LogP contribution is 2.27. The third-order valence-corrected chi connectivity index (χ3v) is 7.00. The summed E-state index contributed by atoms with van der Waals surface area (Å²) in [7, 11) is 1.76. The lowest BCUT2D eigenvalue weighted by Crippen LogP contribution is -2.47. The molecule has 2 N–H and O–H groups in total. The number of nitrogens with zero attached hydrogens (tertiary/aromatic N) is 3. The highest BCUT2D eigenvalue weighted by Gasteiger charge is 2.25. The SMILES string of the molecule is CN=C(NCC(=O)N1CCc2ccccc2C1)NCC(c1cccs1)N1CCCC1.I. The maximum absolute atomic E-state index is 12.7. The van der Waals surface area contributed by atoms with Crippen LogP contribution in [0.3, 0.4) is 0 Å². The van der Waals surface area contributed by atoms with Gasteiger partial charge in [-0.25, -0.2) is 0 Å². The molecule has 0 spiro atoms. The van der Waals surface area contributed by atoms with Gasteiger partial charge in [0.2, 0.25) is 5.91 Å². The number of amides is 1. The normalized spacial score (nSPS) is 17.6. The average Bonchev–Trinajstić information content (AvgIpc) is 3.50. The van der Waals surface area contributed by atoms with Gasteiger partial charge < -0.3 is 15.5 Å². The van der Waals surface area contributed by atoms with Gasteiger partial charge in [0.25, 0.3) is 0 Å². The topological polar surface area (TPSA) is 60.0 Å². The van der Waals surface area contributed by atoms with Crippen LogP contribution in [-0.4, -0.2) is 61.4 Å². The van der Waals surface area contributed by atoms with E-state index in [0.29, 0.717) is 18.5 Å². The van der Waals surface area contributed by atoms with Crippen molar-refractivity contribution in [2.75, 3.05) is 39.8 Å². The number of aliphatic imine (C=N–C) groups is 1. The number of thiophene rings is 1. The van der Waals surface area contributed by atoms with Crippen molar-refractivity contribution >= 4 is 47.2 Å². The molecule has 2 aliphatic heterocycles. The fraction of sp³-hybridized carbons (Fsp3) is 0.478. The molecule has 0 saturated carbocycles.